The standard InChI is InChI=1S/C10H19NO6/c1-2-3-6(13)11-10-9(16)8(15)7(14)5(4-12)17-10/h5,7-10,12,14-16H,2-4H2,1H3,(H,11,13)/t5-,7+,8+,9-,10-/m0/s1. The fourth-order valence-corrected chi connectivity index (χ4v) is 1.68. The van der Waals surface area contributed by atoms with E-state index in [0.717, 1.165) is 0 Å². The van der Waals surface area contributed by atoms with Gasteiger partial charge in [0.05, 0.1) is 6.61 Å². The van der Waals surface area contributed by atoms with E-state index >= 15 is 0 Å². The minimum Gasteiger partial charge on any atom is -0.394 e. The molecule has 17 heavy (non-hydrogen) atoms. The van der Waals surface area contributed by atoms with Crippen LogP contribution in [-0.2, 0) is 9.53 Å². The highest BCUT2D eigenvalue weighted by atomic mass is 16.6. The van der Waals surface area contributed by atoms with Gasteiger partial charge in [-0.3, -0.25) is 4.79 Å². The monoisotopic (exact) mass is 249 g/mol. The van der Waals surface area contributed by atoms with Crippen molar-refractivity contribution < 1.29 is 30.0 Å². The molecule has 0 aliphatic carbocycles. The second-order valence-corrected chi connectivity index (χ2v) is 4.07. The van der Waals surface area contributed by atoms with Gasteiger partial charge in [-0.1, -0.05) is 6.92 Å². The maximum atomic E-state index is 11.3. The number of aliphatic hydroxyl groups is 4. The number of amides is 1. The summed E-state index contributed by atoms with van der Waals surface area (Å²) in [5, 5.41) is 39.9. The first-order valence-corrected chi connectivity index (χ1v) is 5.61. The molecule has 1 fully saturated rings. The molecule has 0 bridgehead atoms. The molecule has 0 saturated carbocycles. The van der Waals surface area contributed by atoms with Gasteiger partial charge >= 0.3 is 0 Å². The summed E-state index contributed by atoms with van der Waals surface area (Å²) in [5.74, 6) is -0.322. The Hall–Kier alpha value is -0.730. The molecule has 0 spiro atoms. The lowest BCUT2D eigenvalue weighted by Gasteiger charge is -2.40. The predicted molar refractivity (Wildman–Crippen MR) is 56.8 cm³/mol. The van der Waals surface area contributed by atoms with Crippen molar-refractivity contribution in [2.24, 2.45) is 0 Å². The Morgan fingerprint density at radius 3 is 2.41 bits per heavy atom. The first-order valence-electron chi connectivity index (χ1n) is 5.61. The minimum atomic E-state index is -1.46. The average molecular weight is 249 g/mol. The van der Waals surface area contributed by atoms with E-state index in [4.69, 9.17) is 9.84 Å². The quantitative estimate of drug-likeness (QED) is 0.382. The number of carbonyl (C=O) groups excluding carboxylic acids is 1. The van der Waals surface area contributed by atoms with Crippen LogP contribution in [0, 0.1) is 0 Å². The van der Waals surface area contributed by atoms with Crippen LogP contribution in [0.1, 0.15) is 19.8 Å². The molecule has 1 saturated heterocycles. The summed E-state index contributed by atoms with van der Waals surface area (Å²) in [6.45, 7) is 1.32. The predicted octanol–water partition coefficient (Wildman–Crippen LogP) is -2.30. The van der Waals surface area contributed by atoms with Crippen LogP contribution >= 0.6 is 0 Å². The normalized spacial score (nSPS) is 37.8. The third kappa shape index (κ3) is 3.36. The van der Waals surface area contributed by atoms with Crippen molar-refractivity contribution in [3.05, 3.63) is 0 Å². The molecular weight excluding hydrogens is 230 g/mol. The molecule has 7 nitrogen and oxygen atoms in total. The molecule has 1 amide bonds. The smallest absolute Gasteiger partial charge is 0.222 e. The van der Waals surface area contributed by atoms with E-state index in [0.29, 0.717) is 6.42 Å². The molecule has 1 aliphatic heterocycles. The van der Waals surface area contributed by atoms with Crippen molar-refractivity contribution in [2.75, 3.05) is 6.61 Å². The molecule has 7 heteroatoms. The Morgan fingerprint density at radius 2 is 1.88 bits per heavy atom. The van der Waals surface area contributed by atoms with Crippen molar-refractivity contribution in [1.29, 1.82) is 0 Å². The summed E-state index contributed by atoms with van der Waals surface area (Å²) in [6.07, 6.45) is -5.50. The lowest BCUT2D eigenvalue weighted by Crippen LogP contribution is -2.63. The van der Waals surface area contributed by atoms with Crippen molar-refractivity contribution in [1.82, 2.24) is 5.32 Å². The highest BCUT2D eigenvalue weighted by Gasteiger charge is 2.43. The zero-order valence-electron chi connectivity index (χ0n) is 9.61. The fraction of sp³-hybridized carbons (Fsp3) is 0.900. The van der Waals surface area contributed by atoms with Crippen LogP contribution in [0.2, 0.25) is 0 Å². The number of aliphatic hydroxyl groups excluding tert-OH is 4. The third-order valence-corrected chi connectivity index (χ3v) is 2.67. The lowest BCUT2D eigenvalue weighted by atomic mass is 9.98. The van der Waals surface area contributed by atoms with Crippen molar-refractivity contribution >= 4 is 5.91 Å². The summed E-state index contributed by atoms with van der Waals surface area (Å²) in [6, 6.07) is 0. The van der Waals surface area contributed by atoms with E-state index in [1.165, 1.54) is 0 Å². The Kier molecular flexibility index (Phi) is 5.29. The van der Waals surface area contributed by atoms with Gasteiger partial charge in [0, 0.05) is 6.42 Å². The lowest BCUT2D eigenvalue weighted by molar-refractivity contribution is -0.235. The number of carbonyl (C=O) groups is 1. The van der Waals surface area contributed by atoms with Crippen molar-refractivity contribution in [3.63, 3.8) is 0 Å². The molecule has 5 N–H and O–H groups in total. The van der Waals surface area contributed by atoms with Crippen LogP contribution in [0.5, 0.6) is 0 Å². The zero-order valence-corrected chi connectivity index (χ0v) is 9.61. The Labute approximate surface area is 99.0 Å². The molecule has 0 unspecified atom stereocenters. The summed E-state index contributed by atoms with van der Waals surface area (Å²) < 4.78 is 5.11. The van der Waals surface area contributed by atoms with Crippen LogP contribution in [0.3, 0.4) is 0 Å². The molecule has 0 aromatic carbocycles. The number of ether oxygens (including phenoxy) is 1. The maximum Gasteiger partial charge on any atom is 0.222 e. The second kappa shape index (κ2) is 6.27. The van der Waals surface area contributed by atoms with Crippen molar-refractivity contribution in [3.8, 4) is 0 Å². The molecule has 1 rings (SSSR count). The second-order valence-electron chi connectivity index (χ2n) is 4.07. The molecular formula is C10H19NO6. The van der Waals surface area contributed by atoms with E-state index in [-0.39, 0.29) is 12.3 Å². The average Bonchev–Trinajstić information content (AvgIpc) is 2.30. The Balaban J connectivity index is 2.62. The van der Waals surface area contributed by atoms with Crippen molar-refractivity contribution in [2.45, 2.75) is 50.4 Å². The number of rotatable bonds is 4. The summed E-state index contributed by atoms with van der Waals surface area (Å²) >= 11 is 0. The van der Waals surface area contributed by atoms with Gasteiger partial charge in [-0.15, -0.1) is 0 Å². The van der Waals surface area contributed by atoms with Gasteiger partial charge in [0.1, 0.15) is 24.4 Å². The molecule has 1 heterocycles. The Bertz CT molecular complexity index is 259. The first-order chi connectivity index (χ1) is 8.01. The van der Waals surface area contributed by atoms with E-state index in [9.17, 15) is 20.1 Å². The van der Waals surface area contributed by atoms with Gasteiger partial charge in [-0.2, -0.15) is 0 Å². The maximum absolute atomic E-state index is 11.3. The fourth-order valence-electron chi connectivity index (χ4n) is 1.68. The topological polar surface area (TPSA) is 119 Å². The van der Waals surface area contributed by atoms with E-state index in [2.05, 4.69) is 5.32 Å². The molecule has 0 aromatic heterocycles. The van der Waals surface area contributed by atoms with Gasteiger partial charge in [0.2, 0.25) is 5.91 Å². The van der Waals surface area contributed by atoms with Crippen LogP contribution < -0.4 is 5.32 Å². The molecule has 0 radical (unpaired) electrons. The SMILES string of the molecule is CCCC(=O)N[C@H]1O[C@@H](CO)[C@@H](O)[C@@H](O)[C@@H]1O. The summed E-state index contributed by atoms with van der Waals surface area (Å²) in [5.41, 5.74) is 0. The van der Waals surface area contributed by atoms with Gasteiger partial charge in [0.25, 0.3) is 0 Å². The summed E-state index contributed by atoms with van der Waals surface area (Å²) in [4.78, 5) is 11.3. The number of hydrogen-bond acceptors (Lipinski definition) is 6. The largest absolute Gasteiger partial charge is 0.394 e. The van der Waals surface area contributed by atoms with Crippen LogP contribution in [0.4, 0.5) is 0 Å². The van der Waals surface area contributed by atoms with Crippen LogP contribution in [0.25, 0.3) is 0 Å². The van der Waals surface area contributed by atoms with Gasteiger partial charge in [-0.25, -0.2) is 0 Å². The Morgan fingerprint density at radius 1 is 1.24 bits per heavy atom. The highest BCUT2D eigenvalue weighted by Crippen LogP contribution is 2.19. The van der Waals surface area contributed by atoms with Gasteiger partial charge < -0.3 is 30.5 Å². The van der Waals surface area contributed by atoms with Gasteiger partial charge in [0.15, 0.2) is 6.23 Å². The molecule has 100 valence electrons. The van der Waals surface area contributed by atoms with E-state index in [1.807, 2.05) is 6.92 Å². The first kappa shape index (κ1) is 14.3. The number of nitrogens with one attached hydrogen (secondary N) is 1. The van der Waals surface area contributed by atoms with E-state index in [1.54, 1.807) is 0 Å². The van der Waals surface area contributed by atoms with Gasteiger partial charge in [-0.05, 0) is 6.42 Å². The minimum absolute atomic E-state index is 0.273. The third-order valence-electron chi connectivity index (χ3n) is 2.67. The molecule has 1 aliphatic rings. The zero-order chi connectivity index (χ0) is 13.0. The highest BCUT2D eigenvalue weighted by molar-refractivity contribution is 5.76. The van der Waals surface area contributed by atoms with Crippen LogP contribution in [0.15, 0.2) is 0 Å². The molecule has 5 atom stereocenters. The van der Waals surface area contributed by atoms with E-state index < -0.39 is 37.3 Å². The van der Waals surface area contributed by atoms with Crippen LogP contribution in [-0.4, -0.2) is 63.6 Å². The summed E-state index contributed by atoms with van der Waals surface area (Å²) in [7, 11) is 0. The molecule has 0 aromatic rings. The number of hydrogen-bond donors (Lipinski definition) is 5.